The van der Waals surface area contributed by atoms with Crippen LogP contribution in [0.15, 0.2) is 54.4 Å². The molecule has 0 spiro atoms. The molecular weight excluding hydrogens is 635 g/mol. The van der Waals surface area contributed by atoms with Crippen molar-refractivity contribution in [2.45, 2.75) is 97.8 Å². The van der Waals surface area contributed by atoms with Crippen LogP contribution in [0.4, 0.5) is 0 Å². The third kappa shape index (κ3) is 8.90. The van der Waals surface area contributed by atoms with E-state index in [1.807, 2.05) is 6.20 Å². The molecule has 3 nitrogen and oxygen atoms in total. The van der Waals surface area contributed by atoms with Gasteiger partial charge in [0.05, 0.1) is 5.76 Å². The number of aromatic nitrogens is 1. The molecule has 1 unspecified atom stereocenters. The molecule has 201 valence electrons. The fourth-order valence-corrected chi connectivity index (χ4v) is 5.46. The van der Waals surface area contributed by atoms with E-state index < -0.39 is 0 Å². The van der Waals surface area contributed by atoms with Crippen molar-refractivity contribution in [3.8, 4) is 11.3 Å². The molecule has 1 aromatic heterocycles. The molecular formula is C33H42IrNO2-. The Bertz CT molecular complexity index is 1190. The van der Waals surface area contributed by atoms with Gasteiger partial charge in [-0.25, -0.2) is 0 Å². The fourth-order valence-electron chi connectivity index (χ4n) is 5.46. The molecule has 1 saturated carbocycles. The van der Waals surface area contributed by atoms with E-state index in [0.717, 1.165) is 17.2 Å². The van der Waals surface area contributed by atoms with Crippen LogP contribution in [-0.4, -0.2) is 15.9 Å². The summed E-state index contributed by atoms with van der Waals surface area (Å²) in [5.74, 6) is 1.30. The van der Waals surface area contributed by atoms with E-state index in [1.165, 1.54) is 98.8 Å². The average Bonchev–Trinajstić information content (AvgIpc) is 2.86. The standard InChI is InChI=1S/C28H34N.C5H8O2.Ir/c1-4-9-21(5-2)25-16-20(3)17-26(19-25)28-27-13-12-23(18-24(27)14-15-29-28)22-10-7-6-8-11-22;1-4(6)3-5(2)7;/h12-16,18-19,21-22H,4-11H2,1-3H3;3,6H,1-2H3;/q-1;;/b;4-3-;. The van der Waals surface area contributed by atoms with Crippen molar-refractivity contribution in [1.82, 2.24) is 4.98 Å². The smallest absolute Gasteiger partial charge is 0.155 e. The number of aliphatic hydroxyl groups is 1. The monoisotopic (exact) mass is 677 g/mol. The third-order valence-corrected chi connectivity index (χ3v) is 7.16. The minimum Gasteiger partial charge on any atom is -0.512 e. The number of hydrogen-bond acceptors (Lipinski definition) is 3. The molecule has 1 aliphatic rings. The van der Waals surface area contributed by atoms with Crippen LogP contribution in [-0.2, 0) is 24.9 Å². The first kappa shape index (κ1) is 30.9. The van der Waals surface area contributed by atoms with Gasteiger partial charge < -0.3 is 10.1 Å². The number of nitrogens with zero attached hydrogens (tertiary/aromatic N) is 1. The zero-order valence-corrected chi connectivity index (χ0v) is 25.5. The molecule has 0 amide bonds. The molecule has 1 radical (unpaired) electrons. The van der Waals surface area contributed by atoms with Gasteiger partial charge in [-0.2, -0.15) is 0 Å². The van der Waals surface area contributed by atoms with Crippen LogP contribution in [0.2, 0.25) is 0 Å². The number of aryl methyl sites for hydroxylation is 1. The molecule has 2 aromatic carbocycles. The Labute approximate surface area is 237 Å². The van der Waals surface area contributed by atoms with Gasteiger partial charge in [-0.15, -0.1) is 34.9 Å². The molecule has 1 N–H and O–H groups in total. The summed E-state index contributed by atoms with van der Waals surface area (Å²) in [4.78, 5) is 14.8. The molecule has 1 fully saturated rings. The van der Waals surface area contributed by atoms with Crippen LogP contribution >= 0.6 is 0 Å². The summed E-state index contributed by atoms with van der Waals surface area (Å²) in [5, 5.41) is 10.9. The first-order valence-electron chi connectivity index (χ1n) is 13.6. The number of hydrogen-bond donors (Lipinski definition) is 1. The maximum Gasteiger partial charge on any atom is 0.155 e. The number of carbonyl (C=O) groups is 1. The number of carbonyl (C=O) groups excluding carboxylic acids is 1. The number of aliphatic hydroxyl groups excluding tert-OH is 1. The van der Waals surface area contributed by atoms with Gasteiger partial charge in [0.2, 0.25) is 0 Å². The van der Waals surface area contributed by atoms with E-state index >= 15 is 0 Å². The summed E-state index contributed by atoms with van der Waals surface area (Å²) >= 11 is 0. The topological polar surface area (TPSA) is 50.2 Å². The molecule has 3 aromatic rings. The summed E-state index contributed by atoms with van der Waals surface area (Å²) in [6.07, 6.45) is 13.6. The van der Waals surface area contributed by atoms with Crippen molar-refractivity contribution < 1.29 is 30.0 Å². The number of fused-ring (bicyclic) bond motifs is 1. The second kappa shape index (κ2) is 15.2. The predicted molar refractivity (Wildman–Crippen MR) is 152 cm³/mol. The average molecular weight is 677 g/mol. The summed E-state index contributed by atoms with van der Waals surface area (Å²) in [7, 11) is 0. The number of rotatable bonds is 7. The quantitative estimate of drug-likeness (QED) is 0.154. The summed E-state index contributed by atoms with van der Waals surface area (Å²) < 4.78 is 0. The zero-order chi connectivity index (χ0) is 26.1. The Kier molecular flexibility index (Phi) is 12.7. The van der Waals surface area contributed by atoms with Crippen molar-refractivity contribution >= 4 is 16.6 Å². The van der Waals surface area contributed by atoms with Gasteiger partial charge in [0.15, 0.2) is 5.78 Å². The first-order chi connectivity index (χ1) is 17.3. The molecule has 4 rings (SSSR count). The van der Waals surface area contributed by atoms with Crippen LogP contribution in [0.5, 0.6) is 0 Å². The van der Waals surface area contributed by atoms with E-state index in [4.69, 9.17) is 10.1 Å². The Morgan fingerprint density at radius 1 is 1.11 bits per heavy atom. The van der Waals surface area contributed by atoms with Gasteiger partial charge in [-0.05, 0) is 73.0 Å². The van der Waals surface area contributed by atoms with E-state index in [9.17, 15) is 4.79 Å². The van der Waals surface area contributed by atoms with Crippen LogP contribution in [0.1, 0.15) is 108 Å². The van der Waals surface area contributed by atoms with Gasteiger partial charge >= 0.3 is 0 Å². The molecule has 0 aliphatic heterocycles. The van der Waals surface area contributed by atoms with Gasteiger partial charge in [-0.3, -0.25) is 4.79 Å². The third-order valence-electron chi connectivity index (χ3n) is 7.16. The zero-order valence-electron chi connectivity index (χ0n) is 23.1. The second-order valence-corrected chi connectivity index (χ2v) is 10.3. The van der Waals surface area contributed by atoms with E-state index in [2.05, 4.69) is 63.2 Å². The molecule has 1 aliphatic carbocycles. The van der Waals surface area contributed by atoms with Crippen LogP contribution in [0.3, 0.4) is 0 Å². The maximum absolute atomic E-state index is 10.0. The molecule has 1 heterocycles. The van der Waals surface area contributed by atoms with Crippen molar-refractivity contribution in [1.29, 1.82) is 0 Å². The van der Waals surface area contributed by atoms with E-state index in [0.29, 0.717) is 5.92 Å². The summed E-state index contributed by atoms with van der Waals surface area (Å²) in [6, 6.07) is 17.5. The SMILES string of the molecule is CC(=O)/C=C(/C)O.CCCC(CC)c1cc(C)[c-]c(-c2nccc3cc(C4CCCCC4)ccc23)c1.[Ir]. The number of pyridine rings is 1. The number of ketones is 1. The van der Waals surface area contributed by atoms with Gasteiger partial charge in [-0.1, -0.05) is 71.1 Å². The minimum absolute atomic E-state index is 0. The molecule has 37 heavy (non-hydrogen) atoms. The van der Waals surface area contributed by atoms with E-state index in [1.54, 1.807) is 0 Å². The van der Waals surface area contributed by atoms with Crippen molar-refractivity contribution in [3.05, 3.63) is 77.2 Å². The second-order valence-electron chi connectivity index (χ2n) is 10.3. The Balaban J connectivity index is 0.000000532. The van der Waals surface area contributed by atoms with Crippen molar-refractivity contribution in [2.75, 3.05) is 0 Å². The largest absolute Gasteiger partial charge is 0.512 e. The minimum atomic E-state index is -0.125. The molecule has 0 bridgehead atoms. The van der Waals surface area contributed by atoms with Gasteiger partial charge in [0, 0.05) is 32.4 Å². The normalized spacial score (nSPS) is 14.9. The van der Waals surface area contributed by atoms with Gasteiger partial charge in [0.1, 0.15) is 0 Å². The Morgan fingerprint density at radius 3 is 2.43 bits per heavy atom. The van der Waals surface area contributed by atoms with Crippen LogP contribution in [0.25, 0.3) is 22.0 Å². The van der Waals surface area contributed by atoms with Gasteiger partial charge in [0.25, 0.3) is 0 Å². The summed E-state index contributed by atoms with van der Waals surface area (Å²) in [6.45, 7) is 9.59. The van der Waals surface area contributed by atoms with Crippen LogP contribution < -0.4 is 0 Å². The summed E-state index contributed by atoms with van der Waals surface area (Å²) in [5.41, 5.74) is 6.39. The predicted octanol–water partition coefficient (Wildman–Crippen LogP) is 9.39. The molecule has 1 atom stereocenters. The Morgan fingerprint density at radius 2 is 1.84 bits per heavy atom. The first-order valence-corrected chi connectivity index (χ1v) is 13.6. The number of allylic oxidation sites excluding steroid dienone is 2. The Hall–Kier alpha value is -2.29. The van der Waals surface area contributed by atoms with Crippen molar-refractivity contribution in [2.24, 2.45) is 0 Å². The fraction of sp³-hybridized carbons (Fsp3) is 0.455. The molecule has 0 saturated heterocycles. The molecule has 4 heteroatoms. The van der Waals surface area contributed by atoms with E-state index in [-0.39, 0.29) is 31.6 Å². The number of benzene rings is 2. The van der Waals surface area contributed by atoms with Crippen molar-refractivity contribution in [3.63, 3.8) is 0 Å². The van der Waals surface area contributed by atoms with Crippen LogP contribution in [0, 0.1) is 13.0 Å². The maximum atomic E-state index is 10.0.